The van der Waals surface area contributed by atoms with Gasteiger partial charge in [-0.2, -0.15) is 0 Å². The van der Waals surface area contributed by atoms with Crippen molar-refractivity contribution < 1.29 is 14.3 Å². The van der Waals surface area contributed by atoms with E-state index in [0.717, 1.165) is 35.4 Å². The van der Waals surface area contributed by atoms with Gasteiger partial charge in [0.1, 0.15) is 5.75 Å². The SMILES string of the molecule is COc1cccc(CNC(=O)[C@]2(C)CCCN(C(=O)Nc3ccccc3C)C2)c1. The molecule has 0 spiro atoms. The summed E-state index contributed by atoms with van der Waals surface area (Å²) in [5.41, 5.74) is 2.18. The van der Waals surface area contributed by atoms with E-state index in [-0.39, 0.29) is 11.9 Å². The highest BCUT2D eigenvalue weighted by molar-refractivity contribution is 5.91. The zero-order valence-electron chi connectivity index (χ0n) is 17.3. The maximum atomic E-state index is 12.9. The second-order valence-corrected chi connectivity index (χ2v) is 7.87. The number of hydrogen-bond donors (Lipinski definition) is 2. The topological polar surface area (TPSA) is 70.7 Å². The lowest BCUT2D eigenvalue weighted by molar-refractivity contribution is -0.132. The van der Waals surface area contributed by atoms with Crippen molar-refractivity contribution in [1.29, 1.82) is 0 Å². The fourth-order valence-corrected chi connectivity index (χ4v) is 3.68. The monoisotopic (exact) mass is 395 g/mol. The normalized spacial score (nSPS) is 18.8. The highest BCUT2D eigenvalue weighted by Gasteiger charge is 2.39. The van der Waals surface area contributed by atoms with Crippen LogP contribution in [-0.4, -0.2) is 37.0 Å². The van der Waals surface area contributed by atoms with Crippen LogP contribution in [-0.2, 0) is 11.3 Å². The Morgan fingerprint density at radius 2 is 1.97 bits per heavy atom. The zero-order chi connectivity index (χ0) is 20.9. The molecule has 6 heteroatoms. The number of hydrogen-bond acceptors (Lipinski definition) is 3. The molecule has 6 nitrogen and oxygen atoms in total. The molecular formula is C23H29N3O3. The van der Waals surface area contributed by atoms with Crippen LogP contribution in [0.15, 0.2) is 48.5 Å². The molecule has 2 aromatic rings. The number of piperidine rings is 1. The summed E-state index contributed by atoms with van der Waals surface area (Å²) in [5.74, 6) is 0.730. The number of para-hydroxylation sites is 1. The van der Waals surface area contributed by atoms with Crippen LogP contribution in [0.3, 0.4) is 0 Å². The lowest BCUT2D eigenvalue weighted by Gasteiger charge is -2.39. The Kier molecular flexibility index (Phi) is 6.42. The standard InChI is InChI=1S/C23H29N3O3/c1-17-8-4-5-11-20(17)25-22(28)26-13-7-12-23(2,16-26)21(27)24-15-18-9-6-10-19(14-18)29-3/h4-6,8-11,14H,7,12-13,15-16H2,1-3H3,(H,24,27)(H,25,28)/t23-/m1/s1. The molecule has 0 unspecified atom stereocenters. The number of urea groups is 1. The van der Waals surface area contributed by atoms with Gasteiger partial charge < -0.3 is 20.3 Å². The van der Waals surface area contributed by atoms with Gasteiger partial charge in [-0.25, -0.2) is 4.79 Å². The van der Waals surface area contributed by atoms with E-state index in [0.29, 0.717) is 19.6 Å². The van der Waals surface area contributed by atoms with Gasteiger partial charge in [-0.15, -0.1) is 0 Å². The summed E-state index contributed by atoms with van der Waals surface area (Å²) in [6, 6.07) is 15.2. The van der Waals surface area contributed by atoms with Crippen molar-refractivity contribution in [1.82, 2.24) is 10.2 Å². The van der Waals surface area contributed by atoms with Crippen LogP contribution in [0.25, 0.3) is 0 Å². The fraction of sp³-hybridized carbons (Fsp3) is 0.391. The first-order valence-corrected chi connectivity index (χ1v) is 9.94. The fourth-order valence-electron chi connectivity index (χ4n) is 3.68. The van der Waals surface area contributed by atoms with E-state index >= 15 is 0 Å². The number of ether oxygens (including phenoxy) is 1. The van der Waals surface area contributed by atoms with E-state index in [1.165, 1.54) is 0 Å². The molecule has 0 radical (unpaired) electrons. The maximum Gasteiger partial charge on any atom is 0.321 e. The molecule has 3 rings (SSSR count). The predicted molar refractivity (Wildman–Crippen MR) is 114 cm³/mol. The summed E-state index contributed by atoms with van der Waals surface area (Å²) in [5, 5.41) is 5.99. The number of methoxy groups -OCH3 is 1. The Labute approximate surface area is 172 Å². The Morgan fingerprint density at radius 3 is 2.72 bits per heavy atom. The summed E-state index contributed by atoms with van der Waals surface area (Å²) < 4.78 is 5.23. The first kappa shape index (κ1) is 20.7. The van der Waals surface area contributed by atoms with Crippen LogP contribution in [0, 0.1) is 12.3 Å². The molecular weight excluding hydrogens is 366 g/mol. The van der Waals surface area contributed by atoms with Gasteiger partial charge in [0.2, 0.25) is 5.91 Å². The number of nitrogens with zero attached hydrogens (tertiary/aromatic N) is 1. The Hall–Kier alpha value is -3.02. The number of carbonyl (C=O) groups excluding carboxylic acids is 2. The van der Waals surface area contributed by atoms with Crippen molar-refractivity contribution in [2.24, 2.45) is 5.41 Å². The van der Waals surface area contributed by atoms with E-state index in [2.05, 4.69) is 10.6 Å². The molecule has 0 aromatic heterocycles. The number of amides is 3. The highest BCUT2D eigenvalue weighted by Crippen LogP contribution is 2.30. The molecule has 29 heavy (non-hydrogen) atoms. The van der Waals surface area contributed by atoms with Gasteiger partial charge in [0.25, 0.3) is 0 Å². The smallest absolute Gasteiger partial charge is 0.321 e. The number of aryl methyl sites for hydroxylation is 1. The van der Waals surface area contributed by atoms with Crippen molar-refractivity contribution in [3.63, 3.8) is 0 Å². The van der Waals surface area contributed by atoms with Gasteiger partial charge in [0.15, 0.2) is 0 Å². The Morgan fingerprint density at radius 1 is 1.17 bits per heavy atom. The number of likely N-dealkylation sites (tertiary alicyclic amines) is 1. The first-order chi connectivity index (χ1) is 13.9. The van der Waals surface area contributed by atoms with Gasteiger partial charge in [0.05, 0.1) is 12.5 Å². The van der Waals surface area contributed by atoms with E-state index in [1.54, 1.807) is 12.0 Å². The van der Waals surface area contributed by atoms with Crippen molar-refractivity contribution in [3.8, 4) is 5.75 Å². The van der Waals surface area contributed by atoms with Crippen molar-refractivity contribution in [3.05, 3.63) is 59.7 Å². The Bertz CT molecular complexity index is 883. The lowest BCUT2D eigenvalue weighted by Crippen LogP contribution is -2.52. The number of anilines is 1. The van der Waals surface area contributed by atoms with Gasteiger partial charge in [-0.05, 0) is 56.0 Å². The number of rotatable bonds is 5. The van der Waals surface area contributed by atoms with Crippen LogP contribution in [0.1, 0.15) is 30.9 Å². The molecule has 1 atom stereocenters. The predicted octanol–water partition coefficient (Wildman–Crippen LogP) is 3.95. The molecule has 0 bridgehead atoms. The van der Waals surface area contributed by atoms with Crippen LogP contribution in [0.5, 0.6) is 5.75 Å². The van der Waals surface area contributed by atoms with E-state index < -0.39 is 5.41 Å². The van der Waals surface area contributed by atoms with Crippen LogP contribution < -0.4 is 15.4 Å². The first-order valence-electron chi connectivity index (χ1n) is 9.94. The molecule has 2 aromatic carbocycles. The van der Waals surface area contributed by atoms with Gasteiger partial charge >= 0.3 is 6.03 Å². The third kappa shape index (κ3) is 5.08. The molecule has 1 aliphatic heterocycles. The van der Waals surface area contributed by atoms with Crippen molar-refractivity contribution in [2.45, 2.75) is 33.2 Å². The highest BCUT2D eigenvalue weighted by atomic mass is 16.5. The molecule has 154 valence electrons. The largest absolute Gasteiger partial charge is 0.497 e. The van der Waals surface area contributed by atoms with E-state index in [1.807, 2.05) is 62.4 Å². The molecule has 2 N–H and O–H groups in total. The second-order valence-electron chi connectivity index (χ2n) is 7.87. The number of benzene rings is 2. The maximum absolute atomic E-state index is 12.9. The minimum Gasteiger partial charge on any atom is -0.497 e. The summed E-state index contributed by atoms with van der Waals surface area (Å²) >= 11 is 0. The van der Waals surface area contributed by atoms with Gasteiger partial charge in [-0.1, -0.05) is 30.3 Å². The summed E-state index contributed by atoms with van der Waals surface area (Å²) in [6.45, 7) is 5.37. The average Bonchev–Trinajstić information content (AvgIpc) is 2.73. The van der Waals surface area contributed by atoms with Gasteiger partial charge in [0, 0.05) is 25.3 Å². The summed E-state index contributed by atoms with van der Waals surface area (Å²) in [7, 11) is 1.62. The van der Waals surface area contributed by atoms with Gasteiger partial charge in [-0.3, -0.25) is 4.79 Å². The second kappa shape index (κ2) is 8.99. The molecule has 3 amide bonds. The van der Waals surface area contributed by atoms with E-state index in [9.17, 15) is 9.59 Å². The van der Waals surface area contributed by atoms with Crippen molar-refractivity contribution in [2.75, 3.05) is 25.5 Å². The quantitative estimate of drug-likeness (QED) is 0.805. The average molecular weight is 396 g/mol. The molecule has 1 fully saturated rings. The molecule has 0 saturated carbocycles. The summed E-state index contributed by atoms with van der Waals surface area (Å²) in [4.78, 5) is 27.4. The minimum atomic E-state index is -0.611. The molecule has 1 saturated heterocycles. The van der Waals surface area contributed by atoms with Crippen LogP contribution in [0.4, 0.5) is 10.5 Å². The Balaban J connectivity index is 1.60. The number of carbonyl (C=O) groups is 2. The molecule has 1 heterocycles. The third-order valence-electron chi connectivity index (χ3n) is 5.51. The number of nitrogens with one attached hydrogen (secondary N) is 2. The zero-order valence-corrected chi connectivity index (χ0v) is 17.3. The summed E-state index contributed by atoms with van der Waals surface area (Å²) in [6.07, 6.45) is 1.55. The van der Waals surface area contributed by atoms with Crippen molar-refractivity contribution >= 4 is 17.6 Å². The van der Waals surface area contributed by atoms with E-state index in [4.69, 9.17) is 4.74 Å². The van der Waals surface area contributed by atoms with Crippen LogP contribution >= 0.6 is 0 Å². The molecule has 0 aliphatic carbocycles. The lowest BCUT2D eigenvalue weighted by atomic mass is 9.81. The third-order valence-corrected chi connectivity index (χ3v) is 5.51. The molecule has 1 aliphatic rings. The van der Waals surface area contributed by atoms with Crippen LogP contribution in [0.2, 0.25) is 0 Å². The minimum absolute atomic E-state index is 0.0336.